The number of rotatable bonds is 5. The number of benzene rings is 1. The van der Waals surface area contributed by atoms with Gasteiger partial charge in [-0.05, 0) is 32.7 Å². The van der Waals surface area contributed by atoms with Gasteiger partial charge in [0.2, 0.25) is 0 Å². The van der Waals surface area contributed by atoms with Crippen molar-refractivity contribution in [2.45, 2.75) is 26.1 Å². The fourth-order valence-electron chi connectivity index (χ4n) is 1.55. The molecule has 0 bridgehead atoms. The summed E-state index contributed by atoms with van der Waals surface area (Å²) in [5.74, 6) is -1.40. The summed E-state index contributed by atoms with van der Waals surface area (Å²) in [4.78, 5) is 38.9. The maximum absolute atomic E-state index is 12.9. The van der Waals surface area contributed by atoms with Crippen LogP contribution in [0.2, 0.25) is 0 Å². The van der Waals surface area contributed by atoms with E-state index in [9.17, 15) is 14.4 Å². The molecule has 0 saturated heterocycles. The first-order valence-electron chi connectivity index (χ1n) is 11.9. The molecule has 0 heterocycles. The summed E-state index contributed by atoms with van der Waals surface area (Å²) in [5, 5.41) is 1.94. The van der Waals surface area contributed by atoms with E-state index in [2.05, 4.69) is 0 Å². The van der Waals surface area contributed by atoms with E-state index in [-0.39, 0.29) is 17.1 Å². The quantitative estimate of drug-likeness (QED) is 0.796. The number of hydrogen-bond donors (Lipinski definition) is 1. The third-order valence-corrected chi connectivity index (χ3v) is 2.86. The smallest absolute Gasteiger partial charge is 0.410 e. The van der Waals surface area contributed by atoms with E-state index in [1.807, 2.05) is 5.32 Å². The van der Waals surface area contributed by atoms with Gasteiger partial charge in [0.25, 0.3) is 0 Å². The van der Waals surface area contributed by atoms with Crippen LogP contribution < -0.4 is 14.8 Å². The molecule has 0 aliphatic rings. The molecule has 0 aliphatic carbocycles. The van der Waals surface area contributed by atoms with E-state index < -0.39 is 50.6 Å². The summed E-state index contributed by atoms with van der Waals surface area (Å²) < 4.78 is 78.7. The lowest BCUT2D eigenvalue weighted by Crippen LogP contribution is -2.39. The van der Waals surface area contributed by atoms with E-state index in [4.69, 9.17) is 21.8 Å². The molecule has 0 spiro atoms. The van der Waals surface area contributed by atoms with Gasteiger partial charge in [0.15, 0.2) is 5.78 Å². The summed E-state index contributed by atoms with van der Waals surface area (Å²) in [7, 11) is 5.58. The van der Waals surface area contributed by atoms with Gasteiger partial charge in [-0.3, -0.25) is 4.79 Å². The average Bonchev–Trinajstić information content (AvgIpc) is 2.64. The summed E-state index contributed by atoms with van der Waals surface area (Å²) in [6.07, 6.45) is -1.66. The number of carbonyl (C=O) groups is 3. The first kappa shape index (κ1) is 11.2. The van der Waals surface area contributed by atoms with Gasteiger partial charge in [-0.25, -0.2) is 9.59 Å². The Labute approximate surface area is 166 Å². The van der Waals surface area contributed by atoms with Gasteiger partial charge in [0.1, 0.15) is 11.5 Å². The Balaban J connectivity index is 3.44. The van der Waals surface area contributed by atoms with Crippen LogP contribution in [0.15, 0.2) is 18.2 Å². The predicted octanol–water partition coefficient (Wildman–Crippen LogP) is 2.38. The number of nitrogens with one attached hydrogen (secondary N) is 1. The first-order chi connectivity index (χ1) is 15.6. The highest BCUT2D eigenvalue weighted by atomic mass is 16.6. The highest BCUT2D eigenvalue weighted by Gasteiger charge is 2.17. The normalized spacial score (nSPS) is 17.5. The second-order valence-electron chi connectivity index (χ2n) is 5.74. The lowest BCUT2D eigenvalue weighted by atomic mass is 10.1. The number of ketones is 1. The lowest BCUT2D eigenvalue weighted by Gasteiger charge is -2.20. The fourth-order valence-corrected chi connectivity index (χ4v) is 1.55. The van der Waals surface area contributed by atoms with E-state index in [0.717, 1.165) is 28.0 Å². The lowest BCUT2D eigenvalue weighted by molar-refractivity contribution is 0.0980. The van der Waals surface area contributed by atoms with Crippen molar-refractivity contribution in [3.63, 3.8) is 0 Å². The summed E-state index contributed by atoms with van der Waals surface area (Å²) in [5.41, 5.74) is -3.70. The van der Waals surface area contributed by atoms with Gasteiger partial charge < -0.3 is 24.6 Å². The number of carbonyl (C=O) groups excluding carboxylic acids is 3. The van der Waals surface area contributed by atoms with E-state index >= 15 is 0 Å². The fraction of sp³-hybridized carbons (Fsp3) is 0.500. The van der Waals surface area contributed by atoms with Crippen molar-refractivity contribution in [2.24, 2.45) is 0 Å². The summed E-state index contributed by atoms with van der Waals surface area (Å²) in [6.45, 7) is -11.7. The SMILES string of the molecule is [2H]C([2H])([2H])C(NCC(=O)c1cc(OC(=O)N(C)C)cc(OC(=O)N(C)C)c1)(C([2H])([2H])[2H])C([2H])([2H])[2H]. The maximum atomic E-state index is 12.9. The van der Waals surface area contributed by atoms with Crippen LogP contribution in [0.25, 0.3) is 0 Å². The van der Waals surface area contributed by atoms with Crippen LogP contribution in [0.1, 0.15) is 43.3 Å². The molecule has 1 aromatic carbocycles. The van der Waals surface area contributed by atoms with Crippen LogP contribution in [0, 0.1) is 0 Å². The molecule has 0 aromatic heterocycles. The van der Waals surface area contributed by atoms with Gasteiger partial charge in [0, 0.05) is 57.7 Å². The third kappa shape index (κ3) is 7.10. The van der Waals surface area contributed by atoms with Crippen molar-refractivity contribution in [1.29, 1.82) is 0 Å². The Bertz CT molecular complexity index is 880. The molecule has 0 atom stereocenters. The number of hydrogen-bond acceptors (Lipinski definition) is 6. The molecular formula is C18H27N3O5. The maximum Gasteiger partial charge on any atom is 0.414 e. The van der Waals surface area contributed by atoms with E-state index in [1.165, 1.54) is 28.2 Å². The molecule has 0 saturated carbocycles. The zero-order chi connectivity index (χ0) is 27.6. The Morgan fingerprint density at radius 2 is 1.42 bits per heavy atom. The topological polar surface area (TPSA) is 88.2 Å². The van der Waals surface area contributed by atoms with Gasteiger partial charge in [0.05, 0.1) is 6.54 Å². The van der Waals surface area contributed by atoms with Crippen molar-refractivity contribution in [1.82, 2.24) is 15.1 Å². The highest BCUT2D eigenvalue weighted by molar-refractivity contribution is 5.98. The van der Waals surface area contributed by atoms with Crippen LogP contribution in [-0.2, 0) is 0 Å². The van der Waals surface area contributed by atoms with Crippen molar-refractivity contribution < 1.29 is 36.2 Å². The Morgan fingerprint density at radius 1 is 0.962 bits per heavy atom. The van der Waals surface area contributed by atoms with Crippen molar-refractivity contribution >= 4 is 18.0 Å². The number of nitrogens with zero attached hydrogens (tertiary/aromatic N) is 2. The van der Waals surface area contributed by atoms with Gasteiger partial charge in [-0.1, -0.05) is 0 Å². The van der Waals surface area contributed by atoms with Crippen LogP contribution in [0.3, 0.4) is 0 Å². The van der Waals surface area contributed by atoms with Gasteiger partial charge >= 0.3 is 12.2 Å². The molecule has 0 fully saturated rings. The number of ether oxygens (including phenoxy) is 2. The molecular weight excluding hydrogens is 338 g/mol. The Kier molecular flexibility index (Phi) is 3.72. The van der Waals surface area contributed by atoms with E-state index in [1.54, 1.807) is 0 Å². The van der Waals surface area contributed by atoms with Crippen molar-refractivity contribution in [3.8, 4) is 11.5 Å². The van der Waals surface area contributed by atoms with Crippen molar-refractivity contribution in [3.05, 3.63) is 23.8 Å². The standard InChI is InChI=1S/C18H27N3O5/c1-18(2,3)19-11-15(22)12-8-13(25-16(23)20(4)5)10-14(9-12)26-17(24)21(6)7/h8-10,19H,11H2,1-7H3/i1D3,2D3,3D3. The highest BCUT2D eigenvalue weighted by Crippen LogP contribution is 2.24. The Hall–Kier alpha value is -2.61. The molecule has 0 aliphatic heterocycles. The molecule has 26 heavy (non-hydrogen) atoms. The second-order valence-corrected chi connectivity index (χ2v) is 5.74. The molecule has 8 heteroatoms. The molecule has 1 N–H and O–H groups in total. The van der Waals surface area contributed by atoms with Crippen LogP contribution in [-0.4, -0.2) is 68.0 Å². The molecule has 0 unspecified atom stereocenters. The predicted molar refractivity (Wildman–Crippen MR) is 98.0 cm³/mol. The molecule has 1 aromatic rings. The molecule has 1 rings (SSSR count). The minimum absolute atomic E-state index is 0.218. The molecule has 144 valence electrons. The average molecular weight is 374 g/mol. The van der Waals surface area contributed by atoms with E-state index in [0.29, 0.717) is 0 Å². The minimum Gasteiger partial charge on any atom is -0.410 e. The first-order valence-corrected chi connectivity index (χ1v) is 7.35. The van der Waals surface area contributed by atoms with Crippen LogP contribution in [0.5, 0.6) is 11.5 Å². The second kappa shape index (κ2) is 8.66. The van der Waals surface area contributed by atoms with Gasteiger partial charge in [-0.2, -0.15) is 0 Å². The monoisotopic (exact) mass is 374 g/mol. The molecule has 0 radical (unpaired) electrons. The molecule has 8 nitrogen and oxygen atoms in total. The third-order valence-electron chi connectivity index (χ3n) is 2.86. The molecule has 2 amide bonds. The zero-order valence-corrected chi connectivity index (χ0v) is 14.9. The zero-order valence-electron chi connectivity index (χ0n) is 23.9. The Morgan fingerprint density at radius 3 is 1.81 bits per heavy atom. The van der Waals surface area contributed by atoms with Crippen LogP contribution >= 0.6 is 0 Å². The number of amides is 2. The number of Topliss-reactive ketones (excluding diaryl/α,β-unsaturated/α-hetero) is 1. The van der Waals surface area contributed by atoms with Crippen LogP contribution in [0.4, 0.5) is 9.59 Å². The van der Waals surface area contributed by atoms with Crippen molar-refractivity contribution in [2.75, 3.05) is 34.7 Å². The summed E-state index contributed by atoms with van der Waals surface area (Å²) >= 11 is 0. The largest absolute Gasteiger partial charge is 0.414 e. The minimum atomic E-state index is -3.56. The van der Waals surface area contributed by atoms with Gasteiger partial charge in [-0.15, -0.1) is 0 Å². The summed E-state index contributed by atoms with van der Waals surface area (Å²) in [6, 6.07) is 3.28.